The van der Waals surface area contributed by atoms with Gasteiger partial charge in [0.15, 0.2) is 0 Å². The third-order valence-corrected chi connectivity index (χ3v) is 4.85. The summed E-state index contributed by atoms with van der Waals surface area (Å²) >= 11 is 0. The largest absolute Gasteiger partial charge is 0.497 e. The number of nitrogens with one attached hydrogen (secondary N) is 1. The third kappa shape index (κ3) is 5.73. The summed E-state index contributed by atoms with van der Waals surface area (Å²) in [5.41, 5.74) is 1.03. The quantitative estimate of drug-likeness (QED) is 0.760. The van der Waals surface area contributed by atoms with E-state index in [4.69, 9.17) is 4.74 Å². The van der Waals surface area contributed by atoms with Crippen LogP contribution in [0.4, 0.5) is 10.1 Å². The van der Waals surface area contributed by atoms with Gasteiger partial charge >= 0.3 is 0 Å². The Hall–Kier alpha value is -2.61. The second kappa shape index (κ2) is 8.66. The number of carbonyl (C=O) groups excluding carboxylic acids is 1. The SMILES string of the molecule is COc1ccc(N(CCNC(=O)Cc2cccc(F)c2)S(C)(=O)=O)cc1. The van der Waals surface area contributed by atoms with Gasteiger partial charge in [-0.3, -0.25) is 9.10 Å². The van der Waals surface area contributed by atoms with E-state index >= 15 is 0 Å². The van der Waals surface area contributed by atoms with Gasteiger partial charge in [-0.2, -0.15) is 0 Å². The van der Waals surface area contributed by atoms with Crippen LogP contribution >= 0.6 is 0 Å². The molecule has 2 rings (SSSR count). The molecule has 0 fully saturated rings. The molecule has 140 valence electrons. The zero-order valence-corrected chi connectivity index (χ0v) is 15.4. The fourth-order valence-corrected chi connectivity index (χ4v) is 3.35. The molecule has 0 aliphatic heterocycles. The van der Waals surface area contributed by atoms with Crippen molar-refractivity contribution in [2.24, 2.45) is 0 Å². The van der Waals surface area contributed by atoms with Crippen LogP contribution in [0.25, 0.3) is 0 Å². The number of benzene rings is 2. The molecule has 0 aliphatic carbocycles. The number of methoxy groups -OCH3 is 1. The summed E-state index contributed by atoms with van der Waals surface area (Å²) < 4.78 is 43.5. The Morgan fingerprint density at radius 1 is 1.19 bits per heavy atom. The van der Waals surface area contributed by atoms with Crippen LogP contribution in [-0.2, 0) is 21.2 Å². The molecule has 0 aromatic heterocycles. The summed E-state index contributed by atoms with van der Waals surface area (Å²) in [5, 5.41) is 2.65. The third-order valence-electron chi connectivity index (χ3n) is 3.65. The van der Waals surface area contributed by atoms with Gasteiger partial charge in [0, 0.05) is 6.54 Å². The van der Waals surface area contributed by atoms with Gasteiger partial charge in [0.1, 0.15) is 11.6 Å². The summed E-state index contributed by atoms with van der Waals surface area (Å²) in [5.74, 6) is -0.0950. The van der Waals surface area contributed by atoms with E-state index in [1.807, 2.05) is 0 Å². The second-order valence-electron chi connectivity index (χ2n) is 5.69. The van der Waals surface area contributed by atoms with Crippen molar-refractivity contribution in [1.82, 2.24) is 5.32 Å². The smallest absolute Gasteiger partial charge is 0.232 e. The lowest BCUT2D eigenvalue weighted by molar-refractivity contribution is -0.120. The number of ether oxygens (including phenoxy) is 1. The molecule has 0 saturated carbocycles. The topological polar surface area (TPSA) is 75.7 Å². The average molecular weight is 380 g/mol. The normalized spacial score (nSPS) is 11.0. The maximum atomic E-state index is 13.1. The first-order valence-corrected chi connectivity index (χ1v) is 9.77. The first-order valence-electron chi connectivity index (χ1n) is 7.92. The molecular weight excluding hydrogens is 359 g/mol. The fraction of sp³-hybridized carbons (Fsp3) is 0.278. The Labute approximate surface area is 152 Å². The molecule has 0 aliphatic rings. The Morgan fingerprint density at radius 3 is 2.46 bits per heavy atom. The predicted molar refractivity (Wildman–Crippen MR) is 98.3 cm³/mol. The van der Waals surface area contributed by atoms with Crippen molar-refractivity contribution in [2.45, 2.75) is 6.42 Å². The number of hydrogen-bond donors (Lipinski definition) is 1. The van der Waals surface area contributed by atoms with E-state index in [-0.39, 0.29) is 25.4 Å². The number of sulfonamides is 1. The fourth-order valence-electron chi connectivity index (χ4n) is 2.43. The minimum absolute atomic E-state index is 0.0270. The van der Waals surface area contributed by atoms with Gasteiger partial charge in [-0.1, -0.05) is 12.1 Å². The van der Waals surface area contributed by atoms with Gasteiger partial charge in [0.05, 0.1) is 32.0 Å². The lowest BCUT2D eigenvalue weighted by Gasteiger charge is -2.22. The van der Waals surface area contributed by atoms with Crippen molar-refractivity contribution >= 4 is 21.6 Å². The lowest BCUT2D eigenvalue weighted by atomic mass is 10.1. The second-order valence-corrected chi connectivity index (χ2v) is 7.60. The predicted octanol–water partition coefficient (Wildman–Crippen LogP) is 1.96. The molecule has 1 amide bonds. The minimum atomic E-state index is -3.51. The minimum Gasteiger partial charge on any atom is -0.497 e. The van der Waals surface area contributed by atoms with E-state index in [1.54, 1.807) is 30.3 Å². The van der Waals surface area contributed by atoms with E-state index in [2.05, 4.69) is 5.32 Å². The average Bonchev–Trinajstić information content (AvgIpc) is 2.58. The summed E-state index contributed by atoms with van der Waals surface area (Å²) in [6.45, 7) is 0.216. The molecule has 0 atom stereocenters. The Kier molecular flexibility index (Phi) is 6.57. The summed E-state index contributed by atoms with van der Waals surface area (Å²) in [6, 6.07) is 12.4. The van der Waals surface area contributed by atoms with E-state index in [0.29, 0.717) is 17.0 Å². The standard InChI is InChI=1S/C18H21FN2O4S/c1-25-17-8-6-16(7-9-17)21(26(2,23)24)11-10-20-18(22)13-14-4-3-5-15(19)12-14/h3-9,12H,10-11,13H2,1-2H3,(H,20,22). The van der Waals surface area contributed by atoms with Crippen LogP contribution in [0, 0.1) is 5.82 Å². The van der Waals surface area contributed by atoms with Gasteiger partial charge in [0.25, 0.3) is 0 Å². The number of rotatable bonds is 8. The van der Waals surface area contributed by atoms with E-state index in [0.717, 1.165) is 6.26 Å². The summed E-state index contributed by atoms with van der Waals surface area (Å²) in [6.07, 6.45) is 1.13. The van der Waals surface area contributed by atoms with Gasteiger partial charge in [-0.05, 0) is 42.0 Å². The summed E-state index contributed by atoms with van der Waals surface area (Å²) in [7, 11) is -1.98. The molecule has 0 radical (unpaired) electrons. The van der Waals surface area contributed by atoms with Crippen molar-refractivity contribution in [3.63, 3.8) is 0 Å². The number of hydrogen-bond acceptors (Lipinski definition) is 4. The number of halogens is 1. The van der Waals surface area contributed by atoms with E-state index in [1.165, 1.54) is 29.6 Å². The van der Waals surface area contributed by atoms with Gasteiger partial charge in [-0.25, -0.2) is 12.8 Å². The number of amides is 1. The maximum absolute atomic E-state index is 13.1. The number of anilines is 1. The van der Waals surface area contributed by atoms with Crippen LogP contribution in [-0.4, -0.2) is 40.8 Å². The van der Waals surface area contributed by atoms with Crippen LogP contribution in [0.1, 0.15) is 5.56 Å². The first kappa shape index (κ1) is 19.7. The first-order chi connectivity index (χ1) is 12.3. The molecule has 0 spiro atoms. The van der Waals surface area contributed by atoms with Crippen LogP contribution in [0.3, 0.4) is 0 Å². The molecule has 8 heteroatoms. The molecule has 2 aromatic rings. The van der Waals surface area contributed by atoms with Gasteiger partial charge in [-0.15, -0.1) is 0 Å². The van der Waals surface area contributed by atoms with Gasteiger partial charge in [0.2, 0.25) is 15.9 Å². The van der Waals surface area contributed by atoms with Crippen molar-refractivity contribution in [1.29, 1.82) is 0 Å². The summed E-state index contributed by atoms with van der Waals surface area (Å²) in [4.78, 5) is 12.0. The molecule has 0 bridgehead atoms. The highest BCUT2D eigenvalue weighted by molar-refractivity contribution is 7.92. The highest BCUT2D eigenvalue weighted by atomic mass is 32.2. The molecule has 2 aromatic carbocycles. The molecule has 1 N–H and O–H groups in total. The Balaban J connectivity index is 1.96. The number of nitrogens with zero attached hydrogens (tertiary/aromatic N) is 1. The van der Waals surface area contributed by atoms with Crippen molar-refractivity contribution < 1.29 is 22.3 Å². The molecule has 0 unspecified atom stereocenters. The molecular formula is C18H21FN2O4S. The molecule has 0 saturated heterocycles. The monoisotopic (exact) mass is 380 g/mol. The lowest BCUT2D eigenvalue weighted by Crippen LogP contribution is -2.38. The zero-order valence-electron chi connectivity index (χ0n) is 14.6. The van der Waals surface area contributed by atoms with Crippen molar-refractivity contribution in [3.05, 3.63) is 59.9 Å². The van der Waals surface area contributed by atoms with Gasteiger partial charge < -0.3 is 10.1 Å². The maximum Gasteiger partial charge on any atom is 0.232 e. The van der Waals surface area contributed by atoms with E-state index in [9.17, 15) is 17.6 Å². The highest BCUT2D eigenvalue weighted by Gasteiger charge is 2.17. The van der Waals surface area contributed by atoms with Crippen LogP contribution in [0.2, 0.25) is 0 Å². The van der Waals surface area contributed by atoms with E-state index < -0.39 is 15.8 Å². The van der Waals surface area contributed by atoms with Crippen LogP contribution in [0.5, 0.6) is 5.75 Å². The Bertz CT molecular complexity index is 854. The van der Waals surface area contributed by atoms with Crippen LogP contribution < -0.4 is 14.4 Å². The van der Waals surface area contributed by atoms with Crippen LogP contribution in [0.15, 0.2) is 48.5 Å². The Morgan fingerprint density at radius 2 is 1.88 bits per heavy atom. The van der Waals surface area contributed by atoms with Crippen molar-refractivity contribution in [2.75, 3.05) is 30.8 Å². The molecule has 6 nitrogen and oxygen atoms in total. The molecule has 26 heavy (non-hydrogen) atoms. The molecule has 0 heterocycles. The zero-order chi connectivity index (χ0) is 19.2. The highest BCUT2D eigenvalue weighted by Crippen LogP contribution is 2.21. The number of carbonyl (C=O) groups is 1. The van der Waals surface area contributed by atoms with Crippen molar-refractivity contribution in [3.8, 4) is 5.75 Å².